The zero-order valence-electron chi connectivity index (χ0n) is 27.9. The van der Waals surface area contributed by atoms with Crippen molar-refractivity contribution in [3.05, 3.63) is 202 Å². The monoisotopic (exact) mass is 693 g/mol. The van der Waals surface area contributed by atoms with E-state index in [1.165, 1.54) is 0 Å². The highest BCUT2D eigenvalue weighted by Gasteiger charge is 2.11. The van der Waals surface area contributed by atoms with Crippen molar-refractivity contribution >= 4 is 59.0 Å². The molecule has 0 atom stereocenters. The van der Waals surface area contributed by atoms with Crippen LogP contribution in [0, 0.1) is 0 Å². The molecule has 0 aliphatic carbocycles. The average Bonchev–Trinajstić information content (AvgIpc) is 3.13. The maximum absolute atomic E-state index is 8.74. The van der Waals surface area contributed by atoms with Gasteiger partial charge in [0.15, 0.2) is 0 Å². The molecule has 51 heavy (non-hydrogen) atoms. The lowest BCUT2D eigenvalue weighted by Crippen LogP contribution is -1.94. The predicted molar refractivity (Wildman–Crippen MR) is 214 cm³/mol. The lowest BCUT2D eigenvalue weighted by molar-refractivity contribution is 0.381. The Bertz CT molecular complexity index is 2040. The minimum atomic E-state index is -4.67. The average molecular weight is 694 g/mol. The van der Waals surface area contributed by atoms with Gasteiger partial charge in [0.25, 0.3) is 0 Å². The van der Waals surface area contributed by atoms with E-state index in [-0.39, 0.29) is 6.15 Å². The van der Waals surface area contributed by atoms with Crippen molar-refractivity contribution < 1.29 is 22.3 Å². The lowest BCUT2D eigenvalue weighted by Gasteiger charge is -2.15. The molecule has 0 spiro atoms. The summed E-state index contributed by atoms with van der Waals surface area (Å²) in [6.07, 6.45) is 17.2. The van der Waals surface area contributed by atoms with E-state index in [1.54, 1.807) is 0 Å². The Hall–Kier alpha value is -6.09. The normalized spacial score (nSPS) is 11.4. The van der Waals surface area contributed by atoms with Gasteiger partial charge in [-0.05, 0) is 45.5 Å². The summed E-state index contributed by atoms with van der Waals surface area (Å²) < 4.78 is 38.4. The van der Waals surface area contributed by atoms with Crippen LogP contribution in [0.4, 0.5) is 0 Å². The van der Waals surface area contributed by atoms with Gasteiger partial charge in [-0.3, -0.25) is 9.11 Å². The summed E-state index contributed by atoms with van der Waals surface area (Å²) in [5.74, 6) is 1.58. The Labute approximate surface area is 300 Å². The molecule has 0 saturated carbocycles. The van der Waals surface area contributed by atoms with Gasteiger partial charge in [0.1, 0.15) is 11.5 Å². The highest BCUT2D eigenvalue weighted by Crippen LogP contribution is 2.35. The van der Waals surface area contributed by atoms with Gasteiger partial charge in [0, 0.05) is 11.1 Å². The minimum absolute atomic E-state index is 0. The molecule has 0 fully saturated rings. The van der Waals surface area contributed by atoms with Crippen molar-refractivity contribution in [3.63, 3.8) is 0 Å². The molecular weight excluding hydrogens is 655 g/mol. The molecule has 5 N–H and O–H groups in total. The molecular formula is C44H39NO5S. The summed E-state index contributed by atoms with van der Waals surface area (Å²) in [6, 6.07) is 53.9. The molecule has 6 rings (SSSR count). The largest absolute Gasteiger partial charge is 0.456 e. The number of hydrogen-bond donors (Lipinski definition) is 3. The smallest absolute Gasteiger partial charge is 0.394 e. The van der Waals surface area contributed by atoms with E-state index >= 15 is 0 Å². The van der Waals surface area contributed by atoms with Crippen LogP contribution >= 0.6 is 0 Å². The van der Waals surface area contributed by atoms with Gasteiger partial charge in [0.05, 0.1) is 0 Å². The van der Waals surface area contributed by atoms with Gasteiger partial charge < -0.3 is 10.9 Å². The molecule has 0 unspecified atom stereocenters. The van der Waals surface area contributed by atoms with Gasteiger partial charge >= 0.3 is 10.4 Å². The second-order valence-corrected chi connectivity index (χ2v) is 11.9. The molecule has 6 aromatic carbocycles. The van der Waals surface area contributed by atoms with E-state index in [2.05, 4.69) is 170 Å². The molecule has 256 valence electrons. The Balaban J connectivity index is 0.000000909. The Morgan fingerprint density at radius 1 is 0.373 bits per heavy atom. The maximum Gasteiger partial charge on any atom is 0.394 e. The molecule has 7 heteroatoms. The van der Waals surface area contributed by atoms with Crippen LogP contribution in [0.3, 0.4) is 0 Å². The predicted octanol–water partition coefficient (Wildman–Crippen LogP) is 11.7. The molecule has 0 aliphatic rings. The van der Waals surface area contributed by atoms with Crippen LogP contribution in [0.1, 0.15) is 44.5 Å². The molecule has 0 aliphatic heterocycles. The zero-order valence-corrected chi connectivity index (χ0v) is 28.7. The Morgan fingerprint density at radius 3 is 0.941 bits per heavy atom. The van der Waals surface area contributed by atoms with Crippen LogP contribution in [-0.4, -0.2) is 17.5 Å². The minimum Gasteiger partial charge on any atom is -0.456 e. The first-order chi connectivity index (χ1) is 24.3. The Kier molecular flexibility index (Phi) is 14.2. The number of hydrogen-bond acceptors (Lipinski definition) is 4. The standard InChI is InChI=1S/C44H34O.H3N.H2O4S/c1-5-15-35(16-6-1)27-31-39-23-13-25-43(41(39)33-29-37-19-9-3-10-20-37)45-44-26-14-24-40(32-28-36-17-7-2-8-18-36)42(44)34-30-38-21-11-4-12-22-38;;1-5(2,3)4/h1-34H;1H3;(H2,1,2,3,4). The van der Waals surface area contributed by atoms with Crippen LogP contribution in [0.5, 0.6) is 11.5 Å². The SMILES string of the molecule is C(=Cc1cccc(Oc2cccc(C=Cc3ccccc3)c2C=Cc2ccccc2)c1C=Cc1ccccc1)c1ccccc1.N.O=S(=O)(O)O. The summed E-state index contributed by atoms with van der Waals surface area (Å²) >= 11 is 0. The summed E-state index contributed by atoms with van der Waals surface area (Å²) in [7, 11) is -4.67. The van der Waals surface area contributed by atoms with Crippen molar-refractivity contribution in [1.29, 1.82) is 0 Å². The number of ether oxygens (including phenoxy) is 1. The van der Waals surface area contributed by atoms with E-state index in [4.69, 9.17) is 22.3 Å². The highest BCUT2D eigenvalue weighted by atomic mass is 32.3. The summed E-state index contributed by atoms with van der Waals surface area (Å²) in [5, 5.41) is 0. The van der Waals surface area contributed by atoms with Gasteiger partial charge in [-0.2, -0.15) is 8.42 Å². The molecule has 0 bridgehead atoms. The highest BCUT2D eigenvalue weighted by molar-refractivity contribution is 7.79. The van der Waals surface area contributed by atoms with E-state index in [9.17, 15) is 0 Å². The van der Waals surface area contributed by atoms with Crippen molar-refractivity contribution in [1.82, 2.24) is 6.15 Å². The third-order valence-corrected chi connectivity index (χ3v) is 7.41. The third kappa shape index (κ3) is 12.7. The fourth-order valence-electron chi connectivity index (χ4n) is 5.05. The van der Waals surface area contributed by atoms with Gasteiger partial charge in [-0.1, -0.05) is 194 Å². The Morgan fingerprint density at radius 2 is 0.647 bits per heavy atom. The number of rotatable bonds is 10. The first kappa shape index (κ1) is 37.7. The van der Waals surface area contributed by atoms with E-state index in [0.29, 0.717) is 0 Å². The fraction of sp³-hybridized carbons (Fsp3) is 0. The topological polar surface area (TPSA) is 119 Å². The van der Waals surface area contributed by atoms with Crippen molar-refractivity contribution in [2.75, 3.05) is 0 Å². The summed E-state index contributed by atoms with van der Waals surface area (Å²) in [4.78, 5) is 0. The quantitative estimate of drug-likeness (QED) is 0.0970. The van der Waals surface area contributed by atoms with Crippen molar-refractivity contribution in [3.8, 4) is 11.5 Å². The van der Waals surface area contributed by atoms with Crippen LogP contribution < -0.4 is 10.9 Å². The first-order valence-corrected chi connectivity index (χ1v) is 17.3. The van der Waals surface area contributed by atoms with Crippen LogP contribution in [0.25, 0.3) is 48.6 Å². The molecule has 6 aromatic rings. The maximum atomic E-state index is 8.74. The second kappa shape index (κ2) is 19.2. The van der Waals surface area contributed by atoms with E-state index in [1.807, 2.05) is 36.4 Å². The van der Waals surface area contributed by atoms with E-state index < -0.39 is 10.4 Å². The molecule has 0 amide bonds. The van der Waals surface area contributed by atoms with Crippen molar-refractivity contribution in [2.45, 2.75) is 0 Å². The van der Waals surface area contributed by atoms with Gasteiger partial charge in [0.2, 0.25) is 0 Å². The summed E-state index contributed by atoms with van der Waals surface area (Å²) in [5.41, 5.74) is 8.72. The number of benzene rings is 6. The fourth-order valence-corrected chi connectivity index (χ4v) is 5.05. The molecule has 6 nitrogen and oxygen atoms in total. The van der Waals surface area contributed by atoms with Gasteiger partial charge in [-0.15, -0.1) is 0 Å². The summed E-state index contributed by atoms with van der Waals surface area (Å²) in [6.45, 7) is 0. The second-order valence-electron chi connectivity index (χ2n) is 11.0. The molecule has 0 aromatic heterocycles. The van der Waals surface area contributed by atoms with Crippen LogP contribution in [0.15, 0.2) is 158 Å². The van der Waals surface area contributed by atoms with E-state index in [0.717, 1.165) is 56.0 Å². The lowest BCUT2D eigenvalue weighted by atomic mass is 10.0. The molecule has 0 heterocycles. The third-order valence-electron chi connectivity index (χ3n) is 7.41. The van der Waals surface area contributed by atoms with Crippen LogP contribution in [-0.2, 0) is 10.4 Å². The molecule has 0 radical (unpaired) electrons. The molecule has 0 saturated heterocycles. The zero-order chi connectivity index (χ0) is 35.0. The van der Waals surface area contributed by atoms with Gasteiger partial charge in [-0.25, -0.2) is 0 Å². The van der Waals surface area contributed by atoms with Crippen molar-refractivity contribution in [2.24, 2.45) is 0 Å². The van der Waals surface area contributed by atoms with Crippen LogP contribution in [0.2, 0.25) is 0 Å². The first-order valence-electron chi connectivity index (χ1n) is 15.9.